The van der Waals surface area contributed by atoms with Crippen LogP contribution < -0.4 is 0 Å². The molecule has 1 aromatic rings. The highest BCUT2D eigenvalue weighted by Gasteiger charge is 2.37. The fraction of sp³-hybridized carbons (Fsp3) is 0.625. The molecule has 22 heavy (non-hydrogen) atoms. The molecule has 1 N–H and O–H groups in total. The van der Waals surface area contributed by atoms with Gasteiger partial charge in [0.1, 0.15) is 5.76 Å². The maximum Gasteiger partial charge on any atom is 0.290 e. The first kappa shape index (κ1) is 15.1. The van der Waals surface area contributed by atoms with Crippen molar-refractivity contribution in [3.8, 4) is 0 Å². The number of oxime groups is 1. The Bertz CT molecular complexity index is 624. The van der Waals surface area contributed by atoms with Gasteiger partial charge in [0.2, 0.25) is 0 Å². The minimum atomic E-state index is -0.106. The van der Waals surface area contributed by atoms with Crippen LogP contribution >= 0.6 is 0 Å². The molecule has 0 radical (unpaired) electrons. The second-order valence-corrected chi connectivity index (χ2v) is 6.82. The highest BCUT2D eigenvalue weighted by Crippen LogP contribution is 2.39. The maximum absolute atomic E-state index is 12.7. The lowest BCUT2D eigenvalue weighted by Gasteiger charge is -2.28. The lowest BCUT2D eigenvalue weighted by molar-refractivity contribution is 0.0280. The maximum atomic E-state index is 12.7. The molecule has 0 spiro atoms. The van der Waals surface area contributed by atoms with Crippen molar-refractivity contribution < 1.29 is 19.2 Å². The number of nitrogens with zero attached hydrogens (tertiary/aromatic N) is 2. The quantitative estimate of drug-likeness (QED) is 0.637. The van der Waals surface area contributed by atoms with Gasteiger partial charge in [-0.3, -0.25) is 4.79 Å². The summed E-state index contributed by atoms with van der Waals surface area (Å²) in [7, 11) is 0. The summed E-state index contributed by atoms with van der Waals surface area (Å²) in [6, 6.07) is 0. The van der Waals surface area contributed by atoms with E-state index >= 15 is 0 Å². The largest absolute Gasteiger partial charge is 0.455 e. The number of furan rings is 1. The summed E-state index contributed by atoms with van der Waals surface area (Å²) in [5.74, 6) is 1.01. The van der Waals surface area contributed by atoms with E-state index in [9.17, 15) is 10.0 Å². The van der Waals surface area contributed by atoms with Gasteiger partial charge >= 0.3 is 0 Å². The Morgan fingerprint density at radius 2 is 1.95 bits per heavy atom. The predicted octanol–water partition coefficient (Wildman–Crippen LogP) is 2.21. The third-order valence-electron chi connectivity index (χ3n) is 4.41. The van der Waals surface area contributed by atoms with Crippen molar-refractivity contribution >= 4 is 11.6 Å². The van der Waals surface area contributed by atoms with E-state index in [1.807, 2.05) is 6.92 Å². The topological polar surface area (TPSA) is 75.3 Å². The summed E-state index contributed by atoms with van der Waals surface area (Å²) in [5, 5.41) is 12.8. The first-order valence-electron chi connectivity index (χ1n) is 7.63. The third kappa shape index (κ3) is 2.52. The number of ether oxygens (including phenoxy) is 1. The molecule has 6 heteroatoms. The van der Waals surface area contributed by atoms with E-state index in [1.165, 1.54) is 0 Å². The minimum Gasteiger partial charge on any atom is -0.455 e. The monoisotopic (exact) mass is 306 g/mol. The van der Waals surface area contributed by atoms with Gasteiger partial charge in [-0.15, -0.1) is 0 Å². The molecule has 6 nitrogen and oxygen atoms in total. The van der Waals surface area contributed by atoms with Crippen LogP contribution in [0.4, 0.5) is 0 Å². The smallest absolute Gasteiger partial charge is 0.290 e. The lowest BCUT2D eigenvalue weighted by Crippen LogP contribution is -2.40. The molecular weight excluding hydrogens is 284 g/mol. The van der Waals surface area contributed by atoms with Crippen LogP contribution in [0.25, 0.3) is 0 Å². The van der Waals surface area contributed by atoms with Gasteiger partial charge < -0.3 is 19.3 Å². The van der Waals surface area contributed by atoms with E-state index in [0.717, 1.165) is 23.3 Å². The number of hydrogen-bond donors (Lipinski definition) is 1. The van der Waals surface area contributed by atoms with Crippen LogP contribution in [-0.2, 0) is 11.2 Å². The molecule has 120 valence electrons. The molecular formula is C16H22N2O4. The average Bonchev–Trinajstić information content (AvgIpc) is 2.82. The molecule has 1 amide bonds. The third-order valence-corrected chi connectivity index (χ3v) is 4.41. The standard InChI is InChI=1S/C16H22N2O4/c1-10-13-11(17-20)8-16(2,3)9-12(13)22-14(10)15(19)18-4-6-21-7-5-18/h20H,4-9H2,1-3H3. The summed E-state index contributed by atoms with van der Waals surface area (Å²) in [6.45, 7) is 8.33. The van der Waals surface area contributed by atoms with Gasteiger partial charge in [-0.25, -0.2) is 0 Å². The number of morpholine rings is 1. The van der Waals surface area contributed by atoms with Gasteiger partial charge in [-0.1, -0.05) is 19.0 Å². The minimum absolute atomic E-state index is 0.0435. The molecule has 3 rings (SSSR count). The summed E-state index contributed by atoms with van der Waals surface area (Å²) < 4.78 is 11.2. The predicted molar refractivity (Wildman–Crippen MR) is 80.6 cm³/mol. The highest BCUT2D eigenvalue weighted by molar-refractivity contribution is 6.06. The number of amides is 1. The Morgan fingerprint density at radius 3 is 2.59 bits per heavy atom. The molecule has 1 aliphatic heterocycles. The molecule has 0 aromatic carbocycles. The zero-order chi connectivity index (χ0) is 15.9. The van der Waals surface area contributed by atoms with E-state index < -0.39 is 0 Å². The van der Waals surface area contributed by atoms with Crippen molar-refractivity contribution in [2.24, 2.45) is 10.6 Å². The van der Waals surface area contributed by atoms with Crippen LogP contribution in [0.1, 0.15) is 47.7 Å². The second kappa shape index (κ2) is 5.43. The summed E-state index contributed by atoms with van der Waals surface area (Å²) in [4.78, 5) is 14.4. The molecule has 1 aliphatic carbocycles. The van der Waals surface area contributed by atoms with Gasteiger partial charge in [0.25, 0.3) is 5.91 Å². The van der Waals surface area contributed by atoms with E-state index in [-0.39, 0.29) is 11.3 Å². The number of fused-ring (bicyclic) bond motifs is 1. The fourth-order valence-corrected chi connectivity index (χ4v) is 3.31. The van der Waals surface area contributed by atoms with E-state index in [4.69, 9.17) is 9.15 Å². The Labute approximate surface area is 129 Å². The second-order valence-electron chi connectivity index (χ2n) is 6.82. The van der Waals surface area contributed by atoms with Crippen LogP contribution in [0.5, 0.6) is 0 Å². The lowest BCUT2D eigenvalue weighted by atomic mass is 9.75. The Hall–Kier alpha value is -1.82. The molecule has 1 fully saturated rings. The zero-order valence-electron chi connectivity index (χ0n) is 13.3. The SMILES string of the molecule is Cc1c(C(=O)N2CCOCC2)oc2c1C(=NO)CC(C)(C)C2. The molecule has 2 heterocycles. The molecule has 1 saturated heterocycles. The Morgan fingerprint density at radius 1 is 1.27 bits per heavy atom. The van der Waals surface area contributed by atoms with Crippen LogP contribution in [0.15, 0.2) is 9.57 Å². The number of carbonyl (C=O) groups is 1. The van der Waals surface area contributed by atoms with E-state index in [0.29, 0.717) is 44.2 Å². The summed E-state index contributed by atoms with van der Waals surface area (Å²) in [5.41, 5.74) is 2.14. The average molecular weight is 306 g/mol. The Kier molecular flexibility index (Phi) is 3.72. The van der Waals surface area contributed by atoms with Crippen molar-refractivity contribution in [1.29, 1.82) is 0 Å². The Balaban J connectivity index is 1.98. The van der Waals surface area contributed by atoms with Crippen molar-refractivity contribution in [1.82, 2.24) is 4.90 Å². The van der Waals surface area contributed by atoms with Gasteiger partial charge in [-0.05, 0) is 18.8 Å². The van der Waals surface area contributed by atoms with Crippen molar-refractivity contribution in [2.45, 2.75) is 33.6 Å². The number of rotatable bonds is 1. The first-order valence-corrected chi connectivity index (χ1v) is 7.63. The summed E-state index contributed by atoms with van der Waals surface area (Å²) >= 11 is 0. The van der Waals surface area contributed by atoms with Gasteiger partial charge in [0, 0.05) is 30.6 Å². The normalized spacial score (nSPS) is 22.7. The molecule has 0 saturated carbocycles. The van der Waals surface area contributed by atoms with Crippen molar-refractivity contribution in [3.63, 3.8) is 0 Å². The van der Waals surface area contributed by atoms with Crippen LogP contribution in [0.3, 0.4) is 0 Å². The number of carbonyl (C=O) groups excluding carboxylic acids is 1. The summed E-state index contributed by atoms with van der Waals surface area (Å²) in [6.07, 6.45) is 1.40. The molecule has 2 aliphatic rings. The fourth-order valence-electron chi connectivity index (χ4n) is 3.31. The van der Waals surface area contributed by atoms with Crippen LogP contribution in [0.2, 0.25) is 0 Å². The molecule has 0 bridgehead atoms. The van der Waals surface area contributed by atoms with E-state index in [1.54, 1.807) is 4.90 Å². The molecule has 1 aromatic heterocycles. The highest BCUT2D eigenvalue weighted by atomic mass is 16.5. The van der Waals surface area contributed by atoms with Gasteiger partial charge in [0.15, 0.2) is 5.76 Å². The van der Waals surface area contributed by atoms with Gasteiger partial charge in [-0.2, -0.15) is 0 Å². The number of hydrogen-bond acceptors (Lipinski definition) is 5. The van der Waals surface area contributed by atoms with Crippen molar-refractivity contribution in [3.05, 3.63) is 22.6 Å². The first-order chi connectivity index (χ1) is 10.4. The van der Waals surface area contributed by atoms with Crippen LogP contribution in [0, 0.1) is 12.3 Å². The zero-order valence-corrected chi connectivity index (χ0v) is 13.3. The molecule has 0 atom stereocenters. The van der Waals surface area contributed by atoms with E-state index in [2.05, 4.69) is 19.0 Å². The molecule has 0 unspecified atom stereocenters. The van der Waals surface area contributed by atoms with Crippen molar-refractivity contribution in [2.75, 3.05) is 26.3 Å². The van der Waals surface area contributed by atoms with Crippen LogP contribution in [-0.4, -0.2) is 48.0 Å². The van der Waals surface area contributed by atoms with Gasteiger partial charge in [0.05, 0.1) is 18.9 Å².